The molecule has 0 spiro atoms. The van der Waals surface area contributed by atoms with Crippen molar-refractivity contribution in [1.82, 2.24) is 14.2 Å². The summed E-state index contributed by atoms with van der Waals surface area (Å²) >= 11 is 5.89. The number of aryl methyl sites for hydroxylation is 2. The highest BCUT2D eigenvalue weighted by atomic mass is 35.5. The van der Waals surface area contributed by atoms with Crippen LogP contribution in [0.25, 0.3) is 5.65 Å². The lowest BCUT2D eigenvalue weighted by atomic mass is 10.1. The van der Waals surface area contributed by atoms with E-state index in [0.29, 0.717) is 12.2 Å². The van der Waals surface area contributed by atoms with E-state index in [0.717, 1.165) is 23.6 Å². The normalized spacial score (nSPS) is 11.0. The SMILES string of the molecule is CCOC(=O)c1cnn2ccn(CCc3ccc(Cl)cc3)c12. The minimum Gasteiger partial charge on any atom is -0.462 e. The van der Waals surface area contributed by atoms with Crippen molar-refractivity contribution in [2.75, 3.05) is 6.61 Å². The molecule has 3 aromatic rings. The average molecular weight is 318 g/mol. The van der Waals surface area contributed by atoms with Crippen LogP contribution in [0.5, 0.6) is 0 Å². The molecule has 0 unspecified atom stereocenters. The van der Waals surface area contributed by atoms with Gasteiger partial charge in [-0.1, -0.05) is 23.7 Å². The van der Waals surface area contributed by atoms with Crippen molar-refractivity contribution in [3.63, 3.8) is 0 Å². The first kappa shape index (κ1) is 14.7. The molecular weight excluding hydrogens is 302 g/mol. The van der Waals surface area contributed by atoms with Crippen LogP contribution in [0.3, 0.4) is 0 Å². The maximum atomic E-state index is 12.0. The molecular formula is C16H16ClN3O2. The third kappa shape index (κ3) is 2.85. The Bertz CT molecular complexity index is 789. The predicted octanol–water partition coefficient (Wildman–Crippen LogP) is 3.21. The van der Waals surface area contributed by atoms with E-state index in [4.69, 9.17) is 16.3 Å². The van der Waals surface area contributed by atoms with Crippen molar-refractivity contribution in [3.8, 4) is 0 Å². The predicted molar refractivity (Wildman–Crippen MR) is 84.3 cm³/mol. The number of imidazole rings is 1. The molecule has 2 heterocycles. The maximum absolute atomic E-state index is 12.0. The monoisotopic (exact) mass is 317 g/mol. The first-order valence-corrected chi connectivity index (χ1v) is 7.51. The fraction of sp³-hybridized carbons (Fsp3) is 0.250. The van der Waals surface area contributed by atoms with Crippen molar-refractivity contribution < 1.29 is 9.53 Å². The number of esters is 1. The lowest BCUT2D eigenvalue weighted by molar-refractivity contribution is 0.0528. The molecule has 0 N–H and O–H groups in total. The van der Waals surface area contributed by atoms with Gasteiger partial charge in [0.05, 0.1) is 12.8 Å². The van der Waals surface area contributed by atoms with E-state index in [-0.39, 0.29) is 5.97 Å². The molecule has 0 atom stereocenters. The van der Waals surface area contributed by atoms with Crippen LogP contribution in [0.4, 0.5) is 0 Å². The van der Waals surface area contributed by atoms with Crippen molar-refractivity contribution in [2.24, 2.45) is 0 Å². The van der Waals surface area contributed by atoms with Crippen LogP contribution < -0.4 is 0 Å². The van der Waals surface area contributed by atoms with Crippen LogP contribution in [-0.2, 0) is 17.7 Å². The molecule has 0 bridgehead atoms. The van der Waals surface area contributed by atoms with Gasteiger partial charge >= 0.3 is 5.97 Å². The van der Waals surface area contributed by atoms with Crippen LogP contribution in [0.1, 0.15) is 22.8 Å². The highest BCUT2D eigenvalue weighted by molar-refractivity contribution is 6.30. The Balaban J connectivity index is 1.83. The molecule has 1 aromatic carbocycles. The molecule has 3 rings (SSSR count). The second-order valence-electron chi connectivity index (χ2n) is 4.91. The molecule has 5 nitrogen and oxygen atoms in total. The largest absolute Gasteiger partial charge is 0.462 e. The minimum absolute atomic E-state index is 0.344. The number of carbonyl (C=O) groups excluding carboxylic acids is 1. The molecule has 114 valence electrons. The van der Waals surface area contributed by atoms with Gasteiger partial charge in [-0.05, 0) is 31.0 Å². The summed E-state index contributed by atoms with van der Waals surface area (Å²) in [7, 11) is 0. The maximum Gasteiger partial charge on any atom is 0.343 e. The summed E-state index contributed by atoms with van der Waals surface area (Å²) in [5.41, 5.74) is 2.43. The molecule has 0 saturated carbocycles. The van der Waals surface area contributed by atoms with Crippen LogP contribution in [-0.4, -0.2) is 26.8 Å². The van der Waals surface area contributed by atoms with Gasteiger partial charge in [0.15, 0.2) is 0 Å². The number of benzene rings is 1. The van der Waals surface area contributed by atoms with Crippen molar-refractivity contribution >= 4 is 23.2 Å². The Morgan fingerprint density at radius 1 is 1.27 bits per heavy atom. The van der Waals surface area contributed by atoms with Gasteiger partial charge < -0.3 is 9.30 Å². The Morgan fingerprint density at radius 2 is 2.05 bits per heavy atom. The lowest BCUT2D eigenvalue weighted by Crippen LogP contribution is -2.07. The van der Waals surface area contributed by atoms with Crippen molar-refractivity contribution in [1.29, 1.82) is 0 Å². The summed E-state index contributed by atoms with van der Waals surface area (Å²) in [4.78, 5) is 12.0. The topological polar surface area (TPSA) is 48.5 Å². The van der Waals surface area contributed by atoms with Crippen LogP contribution in [0.2, 0.25) is 5.02 Å². The first-order valence-electron chi connectivity index (χ1n) is 7.13. The Labute approximate surface area is 133 Å². The fourth-order valence-electron chi connectivity index (χ4n) is 2.40. The highest BCUT2D eigenvalue weighted by Gasteiger charge is 2.17. The number of hydrogen-bond acceptors (Lipinski definition) is 3. The van der Waals surface area contributed by atoms with Crippen LogP contribution in [0.15, 0.2) is 42.9 Å². The quantitative estimate of drug-likeness (QED) is 0.679. The number of aromatic nitrogens is 3. The Hall–Kier alpha value is -2.27. The van der Waals surface area contributed by atoms with Crippen LogP contribution >= 0.6 is 11.6 Å². The zero-order chi connectivity index (χ0) is 15.5. The van der Waals surface area contributed by atoms with E-state index in [1.165, 1.54) is 5.56 Å². The van der Waals surface area contributed by atoms with Gasteiger partial charge in [-0.25, -0.2) is 9.31 Å². The van der Waals surface area contributed by atoms with Gasteiger partial charge in [-0.15, -0.1) is 0 Å². The van der Waals surface area contributed by atoms with E-state index in [1.54, 1.807) is 17.6 Å². The molecule has 0 aliphatic heterocycles. The number of halogens is 1. The summed E-state index contributed by atoms with van der Waals surface area (Å²) in [6.45, 7) is 2.88. The van der Waals surface area contributed by atoms with E-state index in [2.05, 4.69) is 5.10 Å². The standard InChI is InChI=1S/C16H16ClN3O2/c1-2-22-16(21)14-11-18-20-10-9-19(15(14)20)8-7-12-3-5-13(17)6-4-12/h3-6,9-11H,2,7-8H2,1H3. The first-order chi connectivity index (χ1) is 10.7. The number of ether oxygens (including phenoxy) is 1. The lowest BCUT2D eigenvalue weighted by Gasteiger charge is -2.06. The number of fused-ring (bicyclic) bond motifs is 1. The summed E-state index contributed by atoms with van der Waals surface area (Å²) in [5, 5.41) is 4.92. The zero-order valence-corrected chi connectivity index (χ0v) is 13.0. The van der Waals surface area contributed by atoms with Crippen LogP contribution in [0, 0.1) is 0 Å². The van der Waals surface area contributed by atoms with Gasteiger partial charge in [0.2, 0.25) is 0 Å². The Morgan fingerprint density at radius 3 is 2.77 bits per heavy atom. The number of rotatable bonds is 5. The molecule has 0 fully saturated rings. The van der Waals surface area contributed by atoms with Gasteiger partial charge in [0.1, 0.15) is 11.2 Å². The average Bonchev–Trinajstić information content (AvgIpc) is 3.09. The highest BCUT2D eigenvalue weighted by Crippen LogP contribution is 2.15. The third-order valence-corrected chi connectivity index (χ3v) is 3.73. The van der Waals surface area contributed by atoms with E-state index < -0.39 is 0 Å². The fourth-order valence-corrected chi connectivity index (χ4v) is 2.53. The molecule has 6 heteroatoms. The smallest absolute Gasteiger partial charge is 0.343 e. The molecule has 22 heavy (non-hydrogen) atoms. The summed E-state index contributed by atoms with van der Waals surface area (Å²) < 4.78 is 8.77. The summed E-state index contributed by atoms with van der Waals surface area (Å²) in [6.07, 6.45) is 6.14. The van der Waals surface area contributed by atoms with E-state index >= 15 is 0 Å². The number of nitrogens with zero attached hydrogens (tertiary/aromatic N) is 3. The molecule has 0 saturated heterocycles. The van der Waals surface area contributed by atoms with E-state index in [9.17, 15) is 4.79 Å². The number of carbonyl (C=O) groups is 1. The molecule has 0 amide bonds. The summed E-state index contributed by atoms with van der Waals surface area (Å²) in [5.74, 6) is -0.344. The number of hydrogen-bond donors (Lipinski definition) is 0. The second kappa shape index (κ2) is 6.23. The van der Waals surface area contributed by atoms with Gasteiger partial charge in [0, 0.05) is 24.0 Å². The molecule has 0 radical (unpaired) electrons. The summed E-state index contributed by atoms with van der Waals surface area (Å²) in [6, 6.07) is 7.77. The molecule has 0 aliphatic rings. The van der Waals surface area contributed by atoms with Gasteiger partial charge in [-0.3, -0.25) is 0 Å². The van der Waals surface area contributed by atoms with Gasteiger partial charge in [0.25, 0.3) is 0 Å². The zero-order valence-electron chi connectivity index (χ0n) is 12.2. The minimum atomic E-state index is -0.344. The van der Waals surface area contributed by atoms with Crippen molar-refractivity contribution in [3.05, 3.63) is 59.0 Å². The Kier molecular flexibility index (Phi) is 4.15. The van der Waals surface area contributed by atoms with E-state index in [1.807, 2.05) is 41.2 Å². The third-order valence-electron chi connectivity index (χ3n) is 3.48. The van der Waals surface area contributed by atoms with Crippen molar-refractivity contribution in [2.45, 2.75) is 19.9 Å². The molecule has 0 aliphatic carbocycles. The second-order valence-corrected chi connectivity index (χ2v) is 5.35. The van der Waals surface area contributed by atoms with Gasteiger partial charge in [-0.2, -0.15) is 5.10 Å². The molecule has 2 aromatic heterocycles.